The summed E-state index contributed by atoms with van der Waals surface area (Å²) in [6.45, 7) is 5.23. The standard InChI is InChI=1S/C24H31Cl2N3O4S/c1-5-21(24(31)27-17(2)3)28(14-13-18-9-7-6-8-10-18)23(30)16-29(34(4,32)33)22-15-19(25)11-12-20(22)26/h6-12,15,17,21H,5,13-14,16H2,1-4H3,(H,27,31). The van der Waals surface area contributed by atoms with Crippen molar-refractivity contribution in [1.29, 1.82) is 0 Å². The highest BCUT2D eigenvalue weighted by atomic mass is 35.5. The van der Waals surface area contributed by atoms with E-state index in [-0.39, 0.29) is 34.2 Å². The second-order valence-corrected chi connectivity index (χ2v) is 11.0. The number of rotatable bonds is 11. The smallest absolute Gasteiger partial charge is 0.244 e. The lowest BCUT2D eigenvalue weighted by Crippen LogP contribution is -2.54. The number of benzene rings is 2. The van der Waals surface area contributed by atoms with Crippen molar-refractivity contribution in [3.05, 3.63) is 64.1 Å². The Balaban J connectivity index is 2.40. The SMILES string of the molecule is CCC(C(=O)NC(C)C)N(CCc1ccccc1)C(=O)CN(c1cc(Cl)ccc1Cl)S(C)(=O)=O. The van der Waals surface area contributed by atoms with E-state index in [0.29, 0.717) is 12.8 Å². The molecule has 0 radical (unpaired) electrons. The Labute approximate surface area is 212 Å². The molecule has 1 unspecified atom stereocenters. The van der Waals surface area contributed by atoms with Crippen LogP contribution in [0.15, 0.2) is 48.5 Å². The Kier molecular flexibility index (Phi) is 10.2. The summed E-state index contributed by atoms with van der Waals surface area (Å²) in [7, 11) is -3.88. The van der Waals surface area contributed by atoms with E-state index in [9.17, 15) is 18.0 Å². The largest absolute Gasteiger partial charge is 0.352 e. The summed E-state index contributed by atoms with van der Waals surface area (Å²) in [4.78, 5) is 27.9. The molecule has 0 bridgehead atoms. The number of carbonyl (C=O) groups excluding carboxylic acids is 2. The number of amides is 2. The summed E-state index contributed by atoms with van der Waals surface area (Å²) >= 11 is 12.3. The molecule has 2 aromatic rings. The molecule has 186 valence electrons. The topological polar surface area (TPSA) is 86.8 Å². The molecule has 0 saturated heterocycles. The van der Waals surface area contributed by atoms with Gasteiger partial charge in [-0.05, 0) is 50.5 Å². The lowest BCUT2D eigenvalue weighted by atomic mass is 10.1. The minimum Gasteiger partial charge on any atom is -0.352 e. The van der Waals surface area contributed by atoms with Gasteiger partial charge in [0, 0.05) is 17.6 Å². The number of nitrogens with one attached hydrogen (secondary N) is 1. The van der Waals surface area contributed by atoms with Crippen molar-refractivity contribution in [1.82, 2.24) is 10.2 Å². The monoisotopic (exact) mass is 527 g/mol. The maximum Gasteiger partial charge on any atom is 0.244 e. The Bertz CT molecular complexity index is 1090. The van der Waals surface area contributed by atoms with E-state index in [4.69, 9.17) is 23.2 Å². The van der Waals surface area contributed by atoms with Crippen molar-refractivity contribution in [3.8, 4) is 0 Å². The molecule has 1 atom stereocenters. The van der Waals surface area contributed by atoms with Crippen LogP contribution < -0.4 is 9.62 Å². The van der Waals surface area contributed by atoms with Crippen molar-refractivity contribution >= 4 is 50.7 Å². The minimum absolute atomic E-state index is 0.104. The van der Waals surface area contributed by atoms with Crippen LogP contribution in [-0.2, 0) is 26.0 Å². The van der Waals surface area contributed by atoms with Crippen LogP contribution in [-0.4, -0.2) is 56.6 Å². The first-order chi connectivity index (χ1) is 15.9. The van der Waals surface area contributed by atoms with Gasteiger partial charge in [-0.25, -0.2) is 8.42 Å². The van der Waals surface area contributed by atoms with Crippen LogP contribution in [0, 0.1) is 0 Å². The van der Waals surface area contributed by atoms with E-state index in [2.05, 4.69) is 5.32 Å². The third-order valence-electron chi connectivity index (χ3n) is 5.16. The minimum atomic E-state index is -3.88. The van der Waals surface area contributed by atoms with Crippen LogP contribution >= 0.6 is 23.2 Å². The average molecular weight is 529 g/mol. The molecule has 10 heteroatoms. The molecule has 0 saturated carbocycles. The maximum atomic E-state index is 13.5. The zero-order valence-electron chi connectivity index (χ0n) is 19.8. The molecule has 0 fully saturated rings. The highest BCUT2D eigenvalue weighted by Crippen LogP contribution is 2.30. The molecule has 2 aromatic carbocycles. The van der Waals surface area contributed by atoms with Crippen LogP contribution in [0.5, 0.6) is 0 Å². The quantitative estimate of drug-likeness (QED) is 0.475. The lowest BCUT2D eigenvalue weighted by Gasteiger charge is -2.33. The van der Waals surface area contributed by atoms with Gasteiger partial charge in [0.05, 0.1) is 17.0 Å². The molecule has 34 heavy (non-hydrogen) atoms. The molecule has 0 aliphatic rings. The van der Waals surface area contributed by atoms with Crippen LogP contribution in [0.3, 0.4) is 0 Å². The Morgan fingerprint density at radius 2 is 1.71 bits per heavy atom. The molecule has 0 spiro atoms. The summed E-state index contributed by atoms with van der Waals surface area (Å²) in [6, 6.07) is 13.1. The number of anilines is 1. The zero-order chi connectivity index (χ0) is 25.5. The van der Waals surface area contributed by atoms with Crippen LogP contribution in [0.25, 0.3) is 0 Å². The third-order valence-corrected chi connectivity index (χ3v) is 6.84. The summed E-state index contributed by atoms with van der Waals surface area (Å²) < 4.78 is 26.2. The number of nitrogens with zero attached hydrogens (tertiary/aromatic N) is 2. The van der Waals surface area contributed by atoms with Crippen molar-refractivity contribution in [2.45, 2.75) is 45.7 Å². The summed E-state index contributed by atoms with van der Waals surface area (Å²) in [5.41, 5.74) is 1.10. The van der Waals surface area contributed by atoms with Gasteiger partial charge in [0.2, 0.25) is 21.8 Å². The van der Waals surface area contributed by atoms with Gasteiger partial charge in [-0.2, -0.15) is 0 Å². The predicted molar refractivity (Wildman–Crippen MR) is 138 cm³/mol. The molecule has 0 aliphatic carbocycles. The van der Waals surface area contributed by atoms with Crippen molar-refractivity contribution < 1.29 is 18.0 Å². The zero-order valence-corrected chi connectivity index (χ0v) is 22.1. The molecular formula is C24H31Cl2N3O4S. The summed E-state index contributed by atoms with van der Waals surface area (Å²) in [5.74, 6) is -0.797. The van der Waals surface area contributed by atoms with Gasteiger partial charge in [0.15, 0.2) is 0 Å². The summed E-state index contributed by atoms with van der Waals surface area (Å²) in [6.07, 6.45) is 1.87. The predicted octanol–water partition coefficient (Wildman–Crippen LogP) is 4.13. The van der Waals surface area contributed by atoms with Crippen LogP contribution in [0.2, 0.25) is 10.0 Å². The van der Waals surface area contributed by atoms with Gasteiger partial charge in [0.25, 0.3) is 0 Å². The first-order valence-electron chi connectivity index (χ1n) is 11.0. The molecule has 1 N–H and O–H groups in total. The second-order valence-electron chi connectivity index (χ2n) is 8.28. The Morgan fingerprint density at radius 1 is 1.06 bits per heavy atom. The highest BCUT2D eigenvalue weighted by molar-refractivity contribution is 7.92. The average Bonchev–Trinajstić information content (AvgIpc) is 2.76. The molecule has 7 nitrogen and oxygen atoms in total. The van der Waals surface area contributed by atoms with Gasteiger partial charge < -0.3 is 10.2 Å². The fraction of sp³-hybridized carbons (Fsp3) is 0.417. The fourth-order valence-electron chi connectivity index (χ4n) is 3.55. The van der Waals surface area contributed by atoms with E-state index in [1.165, 1.54) is 23.1 Å². The first kappa shape index (κ1) is 28.0. The number of sulfonamides is 1. The third kappa shape index (κ3) is 7.89. The van der Waals surface area contributed by atoms with E-state index in [1.54, 1.807) is 0 Å². The lowest BCUT2D eigenvalue weighted by molar-refractivity contribution is -0.139. The van der Waals surface area contributed by atoms with Gasteiger partial charge in [0.1, 0.15) is 12.6 Å². The number of carbonyl (C=O) groups is 2. The highest BCUT2D eigenvalue weighted by Gasteiger charge is 2.32. The Morgan fingerprint density at radius 3 is 2.26 bits per heavy atom. The van der Waals surface area contributed by atoms with Crippen molar-refractivity contribution in [2.75, 3.05) is 23.7 Å². The second kappa shape index (κ2) is 12.4. The van der Waals surface area contributed by atoms with E-state index < -0.39 is 28.5 Å². The van der Waals surface area contributed by atoms with Gasteiger partial charge in [-0.15, -0.1) is 0 Å². The van der Waals surface area contributed by atoms with Crippen LogP contribution in [0.1, 0.15) is 32.8 Å². The van der Waals surface area contributed by atoms with Crippen molar-refractivity contribution in [2.24, 2.45) is 0 Å². The first-order valence-corrected chi connectivity index (χ1v) is 13.6. The number of hydrogen-bond donors (Lipinski definition) is 1. The number of hydrogen-bond acceptors (Lipinski definition) is 4. The molecule has 0 heterocycles. The van der Waals surface area contributed by atoms with E-state index >= 15 is 0 Å². The van der Waals surface area contributed by atoms with Gasteiger partial charge >= 0.3 is 0 Å². The molecule has 0 aromatic heterocycles. The van der Waals surface area contributed by atoms with Crippen LogP contribution in [0.4, 0.5) is 5.69 Å². The van der Waals surface area contributed by atoms with E-state index in [1.807, 2.05) is 51.1 Å². The van der Waals surface area contributed by atoms with Gasteiger partial charge in [-0.3, -0.25) is 13.9 Å². The normalized spacial score (nSPS) is 12.3. The van der Waals surface area contributed by atoms with Gasteiger partial charge in [-0.1, -0.05) is 60.5 Å². The maximum absolute atomic E-state index is 13.5. The molecule has 0 aliphatic heterocycles. The molecule has 2 rings (SSSR count). The molecule has 2 amide bonds. The summed E-state index contributed by atoms with van der Waals surface area (Å²) in [5, 5.41) is 3.28. The number of halogens is 2. The Hall–Kier alpha value is -2.29. The molecular weight excluding hydrogens is 497 g/mol. The van der Waals surface area contributed by atoms with Crippen molar-refractivity contribution in [3.63, 3.8) is 0 Å². The van der Waals surface area contributed by atoms with E-state index in [0.717, 1.165) is 16.1 Å². The fourth-order valence-corrected chi connectivity index (χ4v) is 4.84.